The predicted octanol–water partition coefficient (Wildman–Crippen LogP) is 23.9. The molecule has 2 aliphatic heterocycles. The van der Waals surface area contributed by atoms with E-state index >= 15 is 0 Å². The van der Waals surface area contributed by atoms with Crippen LogP contribution in [0.4, 0.5) is 34.1 Å². The highest BCUT2D eigenvalue weighted by Crippen LogP contribution is 2.54. The maximum Gasteiger partial charge on any atom is 0.252 e. The van der Waals surface area contributed by atoms with Crippen molar-refractivity contribution in [1.29, 1.82) is 10.5 Å². The number of benzene rings is 14. The van der Waals surface area contributed by atoms with Crippen LogP contribution in [0.15, 0.2) is 303 Å². The van der Waals surface area contributed by atoms with Crippen LogP contribution in [-0.4, -0.2) is 15.8 Å². The van der Waals surface area contributed by atoms with E-state index in [4.69, 9.17) is 9.60 Å². The first-order valence-corrected chi connectivity index (χ1v) is 34.8. The third-order valence-corrected chi connectivity index (χ3v) is 20.5. The molecular weight excluding hydrogens is 1270 g/mol. The second-order valence-corrected chi connectivity index (χ2v) is 30.0. The van der Waals surface area contributed by atoms with Gasteiger partial charge >= 0.3 is 0 Å². The van der Waals surface area contributed by atoms with E-state index in [1.165, 1.54) is 16.7 Å². The SMILES string of the molecule is [2H]c1c([2H])c([2H])c(-c2ccc3c(c2)N(c2cc(-n4c5c([2H])c([2H])c(C#N)c([2H])c5c5c([2H])c([2H])c(-c6c([2H])c([2H])c([2H])c([2H])c6[2H])c([2H])c54)ccc2C#N)c2cc(-n4c5ccc(C(C)(C)C)cc5c5cc(C(C)(C)C)ccc54)cc4c2B3c2ccc(-c3c([2H])c([2H])c([2H])c([2H])c3[2H])cc2N4c2c(-c3ccccc3)cc(C(C)(C)C)cc2-c2ccccc2)c([2H])c1[2H]. The first-order chi connectivity index (χ1) is 59.6. The average molecular weight is 1370 g/mol. The molecule has 0 bridgehead atoms. The number of hydrogen-bond donors (Lipinski definition) is 0. The first-order valence-electron chi connectivity index (χ1n) is 45.3. The van der Waals surface area contributed by atoms with Gasteiger partial charge in [0.2, 0.25) is 0 Å². The lowest BCUT2D eigenvalue weighted by atomic mass is 9.33. The quantitative estimate of drug-likeness (QED) is 0.135. The third kappa shape index (κ3) is 10.8. The molecule has 16 aromatic rings. The summed E-state index contributed by atoms with van der Waals surface area (Å²) in [6.45, 7) is 18.4. The Hall–Kier alpha value is -12.7. The van der Waals surface area contributed by atoms with Crippen molar-refractivity contribution in [3.05, 3.63) is 331 Å². The summed E-state index contributed by atoms with van der Waals surface area (Å²) >= 11 is 0. The summed E-state index contributed by atoms with van der Waals surface area (Å²) in [5.41, 5.74) is 8.53. The van der Waals surface area contributed by atoms with Crippen LogP contribution in [-0.2, 0) is 16.2 Å². The van der Waals surface area contributed by atoms with Gasteiger partial charge in [0, 0.05) is 61.1 Å². The van der Waals surface area contributed by atoms with E-state index in [1.807, 2.05) is 89.8 Å². The van der Waals surface area contributed by atoms with Crippen molar-refractivity contribution in [1.82, 2.24) is 9.13 Å². The van der Waals surface area contributed by atoms with Gasteiger partial charge in [-0.1, -0.05) is 262 Å². The number of fused-ring (bicyclic) bond motifs is 10. The molecule has 0 radical (unpaired) electrons. The molecule has 0 amide bonds. The molecule has 0 unspecified atom stereocenters. The molecule has 0 fully saturated rings. The van der Waals surface area contributed by atoms with Gasteiger partial charge < -0.3 is 18.9 Å². The zero-order chi connectivity index (χ0) is 90.1. The summed E-state index contributed by atoms with van der Waals surface area (Å²) in [6.07, 6.45) is 0. The summed E-state index contributed by atoms with van der Waals surface area (Å²) < 4.78 is 201. The second kappa shape index (κ2) is 24.5. The standard InChI is InChI=1S/C98H77BN6/c1-96(2,3)72-40-47-86-81(53-72)82-54-73(97(4,5)6)41-48-87(82)103(86)76-58-92-94-93(59-76)105(95-78(66-31-21-13-22-32-66)55-74(98(7,8)9)56-79(95)67-33-23-14-24-34-67)91-52-70(65-29-19-12-20-30-65)39-45-84(91)99(94)83-44-38-69(64-27-17-11-18-28-64)51-90(83)104(92)88-57-75(42-36-71(88)61-101)102-85-46-35-62(60-100)49-80(85)77-43-37-68(50-89(77)102)63-25-15-10-16-26-63/h10-59H,1-9H3/i10D,11D,12D,15D,16D,17D,18D,19D,20D,25D,26D,27D,28D,29D,30D,35D,37D,43D,46D,49D,50D. The predicted molar refractivity (Wildman–Crippen MR) is 442 cm³/mol. The molecule has 502 valence electrons. The van der Waals surface area contributed by atoms with E-state index in [-0.39, 0.29) is 77.5 Å². The lowest BCUT2D eigenvalue weighted by molar-refractivity contribution is 0.590. The average Bonchev–Trinajstić information content (AvgIpc) is 1.32. The van der Waals surface area contributed by atoms with Gasteiger partial charge in [-0.05, 0) is 197 Å². The highest BCUT2D eigenvalue weighted by molar-refractivity contribution is 7.00. The topological polar surface area (TPSA) is 63.9 Å². The third-order valence-electron chi connectivity index (χ3n) is 20.5. The zero-order valence-electron chi connectivity index (χ0n) is 80.0. The van der Waals surface area contributed by atoms with Crippen LogP contribution in [0.1, 0.15) is 119 Å². The molecule has 0 aliphatic carbocycles. The molecule has 6 nitrogen and oxygen atoms in total. The molecule has 0 atom stereocenters. The molecule has 2 aliphatic rings. The molecule has 0 saturated heterocycles. The molecule has 0 N–H and O–H groups in total. The van der Waals surface area contributed by atoms with Crippen LogP contribution in [0.5, 0.6) is 0 Å². The number of aromatic nitrogens is 2. The van der Waals surface area contributed by atoms with Crippen molar-refractivity contribution in [2.24, 2.45) is 0 Å². The molecular formula is C98H77BN6. The molecule has 0 saturated carbocycles. The van der Waals surface area contributed by atoms with Crippen LogP contribution >= 0.6 is 0 Å². The first kappa shape index (κ1) is 45.3. The molecule has 2 aromatic heterocycles. The lowest BCUT2D eigenvalue weighted by Gasteiger charge is -2.45. The Balaban J connectivity index is 1.08. The summed E-state index contributed by atoms with van der Waals surface area (Å²) in [4.78, 5) is 4.02. The molecule has 4 heterocycles. The minimum atomic E-state index is -0.960. The molecule has 14 aromatic carbocycles. The van der Waals surface area contributed by atoms with Crippen molar-refractivity contribution >= 4 is 101 Å². The Bertz CT molecular complexity index is 7440. The lowest BCUT2D eigenvalue weighted by Crippen LogP contribution is -2.61. The van der Waals surface area contributed by atoms with Crippen molar-refractivity contribution in [3.8, 4) is 79.1 Å². The summed E-state index contributed by atoms with van der Waals surface area (Å²) in [5.74, 6) is 0. The van der Waals surface area contributed by atoms with Gasteiger partial charge in [-0.3, -0.25) is 0 Å². The Morgan fingerprint density at radius 2 is 0.829 bits per heavy atom. The van der Waals surface area contributed by atoms with Crippen LogP contribution in [0.2, 0.25) is 0 Å². The van der Waals surface area contributed by atoms with Gasteiger partial charge in [0.15, 0.2) is 0 Å². The fourth-order valence-corrected chi connectivity index (χ4v) is 15.3. The maximum absolute atomic E-state index is 12.3. The van der Waals surface area contributed by atoms with Gasteiger partial charge in [0.25, 0.3) is 6.71 Å². The van der Waals surface area contributed by atoms with Crippen molar-refractivity contribution < 1.29 is 28.8 Å². The van der Waals surface area contributed by atoms with E-state index in [0.29, 0.717) is 44.8 Å². The number of nitriles is 2. The van der Waals surface area contributed by atoms with Gasteiger partial charge in [0.05, 0.1) is 85.1 Å². The molecule has 105 heavy (non-hydrogen) atoms. The maximum atomic E-state index is 12.3. The van der Waals surface area contributed by atoms with E-state index in [2.05, 4.69) is 132 Å². The smallest absolute Gasteiger partial charge is 0.252 e. The summed E-state index contributed by atoms with van der Waals surface area (Å²) in [5, 5.41) is 24.2. The Kier molecular flexibility index (Phi) is 10.6. The van der Waals surface area contributed by atoms with Gasteiger partial charge in [-0.25, -0.2) is 0 Å². The van der Waals surface area contributed by atoms with Crippen molar-refractivity contribution in [2.45, 2.75) is 78.6 Å². The molecule has 18 rings (SSSR count). The van der Waals surface area contributed by atoms with Gasteiger partial charge in [-0.15, -0.1) is 0 Å². The Labute approximate surface area is 644 Å². The number of hydrogen-bond acceptors (Lipinski definition) is 4. The zero-order valence-corrected chi connectivity index (χ0v) is 59.0. The van der Waals surface area contributed by atoms with E-state index in [9.17, 15) is 29.7 Å². The normalized spacial score (nSPS) is 15.5. The number of rotatable bonds is 9. The highest BCUT2D eigenvalue weighted by atomic mass is 15.2. The Morgan fingerprint density at radius 3 is 1.34 bits per heavy atom. The van der Waals surface area contributed by atoms with Crippen molar-refractivity contribution in [2.75, 3.05) is 9.80 Å². The van der Waals surface area contributed by atoms with Gasteiger partial charge in [0.1, 0.15) is 6.07 Å². The van der Waals surface area contributed by atoms with E-state index in [1.54, 1.807) is 30.3 Å². The van der Waals surface area contributed by atoms with Crippen LogP contribution in [0.25, 0.3) is 111 Å². The minimum absolute atomic E-state index is 0.0328. The fourth-order valence-electron chi connectivity index (χ4n) is 15.3. The number of nitrogens with zero attached hydrogens (tertiary/aromatic N) is 6. The van der Waals surface area contributed by atoms with Crippen LogP contribution in [0, 0.1) is 22.7 Å². The minimum Gasteiger partial charge on any atom is -0.310 e. The van der Waals surface area contributed by atoms with Gasteiger partial charge in [-0.2, -0.15) is 10.5 Å². The molecule has 7 heteroatoms. The molecule has 0 spiro atoms. The second-order valence-electron chi connectivity index (χ2n) is 30.0. The van der Waals surface area contributed by atoms with Crippen LogP contribution in [0.3, 0.4) is 0 Å². The van der Waals surface area contributed by atoms with Crippen LogP contribution < -0.4 is 26.2 Å². The highest BCUT2D eigenvalue weighted by Gasteiger charge is 2.46. The summed E-state index contributed by atoms with van der Waals surface area (Å²) in [6, 6.07) is 46.9. The summed E-state index contributed by atoms with van der Waals surface area (Å²) in [7, 11) is 0. The fraction of sp³-hybridized carbons (Fsp3) is 0.122. The van der Waals surface area contributed by atoms with E-state index in [0.717, 1.165) is 60.8 Å². The monoisotopic (exact) mass is 1370 g/mol. The Morgan fingerprint density at radius 1 is 0.333 bits per heavy atom. The van der Waals surface area contributed by atoms with E-state index < -0.39 is 156 Å². The van der Waals surface area contributed by atoms with Crippen molar-refractivity contribution in [3.63, 3.8) is 0 Å². The largest absolute Gasteiger partial charge is 0.310 e. The number of anilines is 6.